The molecule has 2 amide bonds. The van der Waals surface area contributed by atoms with Crippen LogP contribution in [0.25, 0.3) is 11.3 Å². The van der Waals surface area contributed by atoms with Crippen LogP contribution in [0.1, 0.15) is 23.2 Å². The van der Waals surface area contributed by atoms with Crippen LogP contribution in [0.2, 0.25) is 0 Å². The summed E-state index contributed by atoms with van der Waals surface area (Å²) < 4.78 is 0.982. The summed E-state index contributed by atoms with van der Waals surface area (Å²) in [5.41, 5.74) is 3.17. The number of halogens is 1. The number of benzene rings is 2. The van der Waals surface area contributed by atoms with Crippen LogP contribution in [0.4, 0.5) is 10.8 Å². The minimum atomic E-state index is -0.218. The number of rotatable bonds is 4. The van der Waals surface area contributed by atoms with E-state index in [1.54, 1.807) is 17.0 Å². The van der Waals surface area contributed by atoms with E-state index >= 15 is 0 Å². The maximum atomic E-state index is 12.5. The van der Waals surface area contributed by atoms with E-state index in [4.69, 9.17) is 0 Å². The SMILES string of the molecule is O=C(Nc1nc(-c2cccc(Br)c2)cs1)c1ccc(N2CCCC2=O)cc1. The number of anilines is 2. The Balaban J connectivity index is 1.45. The molecule has 0 spiro atoms. The molecule has 1 aromatic heterocycles. The lowest BCUT2D eigenvalue weighted by molar-refractivity contribution is -0.117. The highest BCUT2D eigenvalue weighted by Crippen LogP contribution is 2.27. The molecule has 0 atom stereocenters. The molecule has 0 unspecified atom stereocenters. The lowest BCUT2D eigenvalue weighted by Crippen LogP contribution is -2.23. The number of hydrogen-bond donors (Lipinski definition) is 1. The highest BCUT2D eigenvalue weighted by atomic mass is 79.9. The summed E-state index contributed by atoms with van der Waals surface area (Å²) in [6, 6.07) is 15.0. The van der Waals surface area contributed by atoms with Gasteiger partial charge in [-0.3, -0.25) is 14.9 Å². The quantitative estimate of drug-likeness (QED) is 0.622. The molecule has 136 valence electrons. The van der Waals surface area contributed by atoms with Crippen molar-refractivity contribution in [2.75, 3.05) is 16.8 Å². The number of nitrogens with zero attached hydrogens (tertiary/aromatic N) is 2. The van der Waals surface area contributed by atoms with Crippen molar-refractivity contribution < 1.29 is 9.59 Å². The fourth-order valence-electron chi connectivity index (χ4n) is 2.99. The van der Waals surface area contributed by atoms with Crippen molar-refractivity contribution in [3.8, 4) is 11.3 Å². The second-order valence-electron chi connectivity index (χ2n) is 6.20. The van der Waals surface area contributed by atoms with E-state index in [1.165, 1.54) is 11.3 Å². The second-order valence-corrected chi connectivity index (χ2v) is 7.97. The van der Waals surface area contributed by atoms with Crippen LogP contribution >= 0.6 is 27.3 Å². The first-order chi connectivity index (χ1) is 13.1. The van der Waals surface area contributed by atoms with Crippen LogP contribution in [0.5, 0.6) is 0 Å². The summed E-state index contributed by atoms with van der Waals surface area (Å²) in [6.45, 7) is 0.738. The second kappa shape index (κ2) is 7.62. The molecule has 1 saturated heterocycles. The topological polar surface area (TPSA) is 62.3 Å². The van der Waals surface area contributed by atoms with Gasteiger partial charge in [0, 0.05) is 39.6 Å². The fraction of sp³-hybridized carbons (Fsp3) is 0.150. The molecule has 0 radical (unpaired) electrons. The number of thiazole rings is 1. The van der Waals surface area contributed by atoms with E-state index in [9.17, 15) is 9.59 Å². The molecule has 1 aliphatic rings. The first kappa shape index (κ1) is 17.9. The van der Waals surface area contributed by atoms with Gasteiger partial charge >= 0.3 is 0 Å². The van der Waals surface area contributed by atoms with E-state index in [1.807, 2.05) is 41.8 Å². The van der Waals surface area contributed by atoms with Crippen LogP contribution in [-0.4, -0.2) is 23.3 Å². The molecule has 4 rings (SSSR count). The van der Waals surface area contributed by atoms with Gasteiger partial charge in [-0.2, -0.15) is 0 Å². The molecule has 1 N–H and O–H groups in total. The Bertz CT molecular complexity index is 1000. The van der Waals surface area contributed by atoms with Crippen LogP contribution < -0.4 is 10.2 Å². The smallest absolute Gasteiger partial charge is 0.257 e. The molecule has 27 heavy (non-hydrogen) atoms. The largest absolute Gasteiger partial charge is 0.312 e. The standard InChI is InChI=1S/C20H16BrN3O2S/c21-15-4-1-3-14(11-15)17-12-27-20(22-17)23-19(26)13-6-8-16(9-7-13)24-10-2-5-18(24)25/h1,3-4,6-9,11-12H,2,5,10H2,(H,22,23,26). The Morgan fingerprint density at radius 2 is 2.00 bits per heavy atom. The normalized spacial score (nSPS) is 13.8. The number of nitrogens with one attached hydrogen (secondary N) is 1. The van der Waals surface area contributed by atoms with Gasteiger partial charge in [-0.1, -0.05) is 28.1 Å². The maximum absolute atomic E-state index is 12.5. The summed E-state index contributed by atoms with van der Waals surface area (Å²) in [7, 11) is 0. The monoisotopic (exact) mass is 441 g/mol. The summed E-state index contributed by atoms with van der Waals surface area (Å²) in [5.74, 6) is -0.0838. The molecule has 2 aromatic carbocycles. The fourth-order valence-corrected chi connectivity index (χ4v) is 4.11. The third kappa shape index (κ3) is 3.94. The first-order valence-corrected chi connectivity index (χ1v) is 10.2. The van der Waals surface area contributed by atoms with Gasteiger partial charge in [0.25, 0.3) is 5.91 Å². The average molecular weight is 442 g/mol. The zero-order valence-electron chi connectivity index (χ0n) is 14.3. The number of carbonyl (C=O) groups excluding carboxylic acids is 2. The number of amides is 2. The Hall–Kier alpha value is -2.51. The predicted molar refractivity (Wildman–Crippen MR) is 111 cm³/mol. The third-order valence-electron chi connectivity index (χ3n) is 4.36. The van der Waals surface area contributed by atoms with Crippen molar-refractivity contribution in [2.45, 2.75) is 12.8 Å². The van der Waals surface area contributed by atoms with Gasteiger partial charge in [0.05, 0.1) is 5.69 Å². The summed E-state index contributed by atoms with van der Waals surface area (Å²) >= 11 is 4.84. The van der Waals surface area contributed by atoms with Crippen molar-refractivity contribution in [3.63, 3.8) is 0 Å². The molecular weight excluding hydrogens is 426 g/mol. The Morgan fingerprint density at radius 3 is 2.70 bits per heavy atom. The van der Waals surface area contributed by atoms with Gasteiger partial charge in [-0.25, -0.2) is 4.98 Å². The number of carbonyl (C=O) groups is 2. The molecule has 1 fully saturated rings. The Kier molecular flexibility index (Phi) is 5.05. The molecule has 0 saturated carbocycles. The number of aromatic nitrogens is 1. The highest BCUT2D eigenvalue weighted by molar-refractivity contribution is 9.10. The van der Waals surface area contributed by atoms with Gasteiger partial charge in [-0.05, 0) is 42.8 Å². The van der Waals surface area contributed by atoms with Gasteiger partial charge in [0.15, 0.2) is 5.13 Å². The van der Waals surface area contributed by atoms with E-state index in [0.29, 0.717) is 17.1 Å². The van der Waals surface area contributed by atoms with Gasteiger partial charge in [0.1, 0.15) is 0 Å². The van der Waals surface area contributed by atoms with Crippen LogP contribution in [0, 0.1) is 0 Å². The predicted octanol–water partition coefficient (Wildman–Crippen LogP) is 4.95. The van der Waals surface area contributed by atoms with Crippen molar-refractivity contribution >= 4 is 49.9 Å². The van der Waals surface area contributed by atoms with Crippen LogP contribution in [0.15, 0.2) is 58.4 Å². The molecule has 0 bridgehead atoms. The molecule has 3 aromatic rings. The van der Waals surface area contributed by atoms with Crippen molar-refractivity contribution in [2.24, 2.45) is 0 Å². The Morgan fingerprint density at radius 1 is 1.19 bits per heavy atom. The zero-order valence-corrected chi connectivity index (χ0v) is 16.7. The molecule has 7 heteroatoms. The molecule has 0 aliphatic carbocycles. The molecule has 1 aliphatic heterocycles. The van der Waals surface area contributed by atoms with Gasteiger partial charge in [0.2, 0.25) is 5.91 Å². The Labute approximate surface area is 169 Å². The molecule has 2 heterocycles. The van der Waals surface area contributed by atoms with Crippen LogP contribution in [-0.2, 0) is 4.79 Å². The summed E-state index contributed by atoms with van der Waals surface area (Å²) in [5, 5.41) is 5.30. The van der Waals surface area contributed by atoms with E-state index in [-0.39, 0.29) is 11.8 Å². The highest BCUT2D eigenvalue weighted by Gasteiger charge is 2.21. The average Bonchev–Trinajstić information content (AvgIpc) is 3.31. The van der Waals surface area contributed by atoms with E-state index in [0.717, 1.165) is 34.4 Å². The number of hydrogen-bond acceptors (Lipinski definition) is 4. The van der Waals surface area contributed by atoms with Gasteiger partial charge < -0.3 is 4.90 Å². The minimum absolute atomic E-state index is 0.134. The zero-order chi connectivity index (χ0) is 18.8. The van der Waals surface area contributed by atoms with E-state index in [2.05, 4.69) is 26.2 Å². The lowest BCUT2D eigenvalue weighted by Gasteiger charge is -2.15. The van der Waals surface area contributed by atoms with E-state index < -0.39 is 0 Å². The third-order valence-corrected chi connectivity index (χ3v) is 5.61. The first-order valence-electron chi connectivity index (χ1n) is 8.53. The summed E-state index contributed by atoms with van der Waals surface area (Å²) in [4.78, 5) is 30.5. The van der Waals surface area contributed by atoms with Crippen LogP contribution in [0.3, 0.4) is 0 Å². The van der Waals surface area contributed by atoms with Crippen molar-refractivity contribution in [1.29, 1.82) is 0 Å². The van der Waals surface area contributed by atoms with Crippen molar-refractivity contribution in [1.82, 2.24) is 4.98 Å². The molecular formula is C20H16BrN3O2S. The summed E-state index contributed by atoms with van der Waals surface area (Å²) in [6.07, 6.45) is 1.47. The minimum Gasteiger partial charge on any atom is -0.312 e. The van der Waals surface area contributed by atoms with Gasteiger partial charge in [-0.15, -0.1) is 11.3 Å². The lowest BCUT2D eigenvalue weighted by atomic mass is 10.2. The maximum Gasteiger partial charge on any atom is 0.257 e. The van der Waals surface area contributed by atoms with Crippen molar-refractivity contribution in [3.05, 3.63) is 63.9 Å². The molecule has 5 nitrogen and oxygen atoms in total.